The van der Waals surface area contributed by atoms with Crippen molar-refractivity contribution >= 4 is 23.9 Å². The average Bonchev–Trinajstić information content (AvgIpc) is 2.66. The predicted molar refractivity (Wildman–Crippen MR) is 99.4 cm³/mol. The lowest BCUT2D eigenvalue weighted by atomic mass is 10.1. The van der Waals surface area contributed by atoms with Crippen molar-refractivity contribution in [2.45, 2.75) is 13.8 Å². The van der Waals surface area contributed by atoms with E-state index in [0.29, 0.717) is 29.0 Å². The van der Waals surface area contributed by atoms with Crippen molar-refractivity contribution in [1.29, 1.82) is 0 Å². The number of aldehydes is 1. The molecule has 0 fully saturated rings. The molecule has 7 nitrogen and oxygen atoms in total. The second kappa shape index (κ2) is 9.38. The molecule has 0 bridgehead atoms. The number of anilines is 1. The summed E-state index contributed by atoms with van der Waals surface area (Å²) in [5.41, 5.74) is 3.09. The fraction of sp³-hybridized carbons (Fsp3) is 0.250. The zero-order chi connectivity index (χ0) is 19.8. The van der Waals surface area contributed by atoms with Crippen molar-refractivity contribution < 1.29 is 28.6 Å². The van der Waals surface area contributed by atoms with Gasteiger partial charge >= 0.3 is 5.97 Å². The first-order valence-electron chi connectivity index (χ1n) is 8.21. The number of aryl methyl sites for hydroxylation is 2. The maximum Gasteiger partial charge on any atom is 0.344 e. The zero-order valence-electron chi connectivity index (χ0n) is 15.4. The van der Waals surface area contributed by atoms with E-state index in [1.165, 1.54) is 25.3 Å². The molecule has 0 unspecified atom stereocenters. The number of carbonyl (C=O) groups excluding carboxylic acids is 3. The van der Waals surface area contributed by atoms with Gasteiger partial charge in [0.1, 0.15) is 6.29 Å². The summed E-state index contributed by atoms with van der Waals surface area (Å²) in [6.45, 7) is 3.03. The molecule has 0 aromatic heterocycles. The summed E-state index contributed by atoms with van der Waals surface area (Å²) >= 11 is 0. The van der Waals surface area contributed by atoms with E-state index in [1.807, 2.05) is 26.0 Å². The van der Waals surface area contributed by atoms with Gasteiger partial charge < -0.3 is 19.5 Å². The van der Waals surface area contributed by atoms with E-state index in [1.54, 1.807) is 6.07 Å². The fourth-order valence-corrected chi connectivity index (χ4v) is 2.34. The minimum atomic E-state index is -0.702. The van der Waals surface area contributed by atoms with E-state index in [-0.39, 0.29) is 0 Å². The van der Waals surface area contributed by atoms with Crippen LogP contribution in [0, 0.1) is 13.8 Å². The van der Waals surface area contributed by atoms with Crippen LogP contribution in [0.2, 0.25) is 0 Å². The number of ether oxygens (including phenoxy) is 3. The Balaban J connectivity index is 1.82. The van der Waals surface area contributed by atoms with Crippen molar-refractivity contribution in [3.05, 3.63) is 53.1 Å². The number of methoxy groups -OCH3 is 1. The monoisotopic (exact) mass is 371 g/mol. The molecule has 2 aromatic carbocycles. The molecule has 142 valence electrons. The maximum atomic E-state index is 11.9. The molecule has 0 atom stereocenters. The lowest BCUT2D eigenvalue weighted by Gasteiger charge is -2.11. The van der Waals surface area contributed by atoms with Crippen molar-refractivity contribution in [1.82, 2.24) is 0 Å². The normalized spacial score (nSPS) is 10.0. The molecule has 0 spiro atoms. The Bertz CT molecular complexity index is 846. The summed E-state index contributed by atoms with van der Waals surface area (Å²) in [5, 5.41) is 2.69. The molecule has 7 heteroatoms. The number of hydrogen-bond donors (Lipinski definition) is 1. The van der Waals surface area contributed by atoms with E-state index in [4.69, 9.17) is 14.2 Å². The summed E-state index contributed by atoms with van der Waals surface area (Å²) < 4.78 is 15.3. The van der Waals surface area contributed by atoms with Gasteiger partial charge in [-0.2, -0.15) is 0 Å². The van der Waals surface area contributed by atoms with Crippen LogP contribution >= 0.6 is 0 Å². The highest BCUT2D eigenvalue weighted by molar-refractivity contribution is 5.93. The number of rotatable bonds is 8. The van der Waals surface area contributed by atoms with Gasteiger partial charge in [-0.05, 0) is 43.7 Å². The molecular formula is C20H21NO6. The van der Waals surface area contributed by atoms with E-state index < -0.39 is 25.1 Å². The topological polar surface area (TPSA) is 90.9 Å². The van der Waals surface area contributed by atoms with Crippen LogP contribution in [0.1, 0.15) is 21.5 Å². The highest BCUT2D eigenvalue weighted by Gasteiger charge is 2.12. The molecule has 0 saturated carbocycles. The van der Waals surface area contributed by atoms with Crippen LogP contribution < -0.4 is 14.8 Å². The maximum absolute atomic E-state index is 11.9. The van der Waals surface area contributed by atoms with Crippen LogP contribution in [-0.4, -0.2) is 38.5 Å². The van der Waals surface area contributed by atoms with Crippen LogP contribution in [0.4, 0.5) is 5.69 Å². The van der Waals surface area contributed by atoms with Crippen LogP contribution in [0.5, 0.6) is 11.5 Å². The third-order valence-electron chi connectivity index (χ3n) is 3.69. The Morgan fingerprint density at radius 1 is 1.04 bits per heavy atom. The summed E-state index contributed by atoms with van der Waals surface area (Å²) in [6, 6.07) is 10.2. The third kappa shape index (κ3) is 5.85. The number of nitrogens with one attached hydrogen (secondary N) is 1. The van der Waals surface area contributed by atoms with Crippen LogP contribution in [0.3, 0.4) is 0 Å². The fourth-order valence-electron chi connectivity index (χ4n) is 2.34. The Morgan fingerprint density at radius 3 is 2.48 bits per heavy atom. The molecule has 0 aliphatic carbocycles. The Kier molecular flexibility index (Phi) is 6.93. The van der Waals surface area contributed by atoms with Gasteiger partial charge in [0.25, 0.3) is 5.91 Å². The van der Waals surface area contributed by atoms with E-state index >= 15 is 0 Å². The quantitative estimate of drug-likeness (QED) is 0.567. The highest BCUT2D eigenvalue weighted by Crippen LogP contribution is 2.27. The summed E-state index contributed by atoms with van der Waals surface area (Å²) in [7, 11) is 1.42. The average molecular weight is 371 g/mol. The summed E-state index contributed by atoms with van der Waals surface area (Å²) in [5.74, 6) is -0.532. The smallest absolute Gasteiger partial charge is 0.344 e. The second-order valence-electron chi connectivity index (χ2n) is 5.84. The van der Waals surface area contributed by atoms with Gasteiger partial charge in [0.2, 0.25) is 0 Å². The molecule has 1 amide bonds. The molecule has 0 saturated heterocycles. The van der Waals surface area contributed by atoms with Crippen LogP contribution in [-0.2, 0) is 14.3 Å². The predicted octanol–water partition coefficient (Wildman–Crippen LogP) is 2.69. The lowest BCUT2D eigenvalue weighted by molar-refractivity contribution is -0.149. The van der Waals surface area contributed by atoms with E-state index in [9.17, 15) is 14.4 Å². The summed E-state index contributed by atoms with van der Waals surface area (Å²) in [4.78, 5) is 34.5. The molecule has 0 aliphatic heterocycles. The van der Waals surface area contributed by atoms with Crippen molar-refractivity contribution in [3.8, 4) is 11.5 Å². The largest absolute Gasteiger partial charge is 0.493 e. The molecule has 2 aromatic rings. The van der Waals surface area contributed by atoms with Crippen LogP contribution in [0.25, 0.3) is 0 Å². The number of carbonyl (C=O) groups is 3. The lowest BCUT2D eigenvalue weighted by Crippen LogP contribution is -2.24. The van der Waals surface area contributed by atoms with Gasteiger partial charge in [0, 0.05) is 11.3 Å². The minimum absolute atomic E-state index is 0.291. The third-order valence-corrected chi connectivity index (χ3v) is 3.69. The van der Waals surface area contributed by atoms with Gasteiger partial charge in [0.15, 0.2) is 24.7 Å². The molecular weight excluding hydrogens is 350 g/mol. The first-order chi connectivity index (χ1) is 12.9. The van der Waals surface area contributed by atoms with E-state index in [2.05, 4.69) is 5.32 Å². The molecule has 0 radical (unpaired) electrons. The van der Waals surface area contributed by atoms with Crippen molar-refractivity contribution in [3.63, 3.8) is 0 Å². The van der Waals surface area contributed by atoms with Crippen molar-refractivity contribution in [2.75, 3.05) is 25.6 Å². The van der Waals surface area contributed by atoms with E-state index in [0.717, 1.165) is 11.1 Å². The number of benzene rings is 2. The minimum Gasteiger partial charge on any atom is -0.493 e. The van der Waals surface area contributed by atoms with Gasteiger partial charge in [-0.25, -0.2) is 4.79 Å². The Labute approximate surface area is 157 Å². The first kappa shape index (κ1) is 20.0. The van der Waals surface area contributed by atoms with Gasteiger partial charge in [-0.1, -0.05) is 17.7 Å². The first-order valence-corrected chi connectivity index (χ1v) is 8.21. The number of hydrogen-bond acceptors (Lipinski definition) is 6. The second-order valence-corrected chi connectivity index (χ2v) is 5.84. The molecule has 0 heterocycles. The Hall–Kier alpha value is -3.35. The standard InChI is InChI=1S/C20H21NO6/c1-13-4-6-16(14(2)8-13)21-19(23)11-27-20(24)12-26-17-7-5-15(10-22)9-18(17)25-3/h4-10H,11-12H2,1-3H3,(H,21,23). The van der Waals surface area contributed by atoms with Gasteiger partial charge in [-0.15, -0.1) is 0 Å². The molecule has 0 aliphatic rings. The molecule has 1 N–H and O–H groups in total. The molecule has 27 heavy (non-hydrogen) atoms. The highest BCUT2D eigenvalue weighted by atomic mass is 16.6. The number of amides is 1. The Morgan fingerprint density at radius 2 is 1.81 bits per heavy atom. The summed E-state index contributed by atoms with van der Waals surface area (Å²) in [6.07, 6.45) is 0.676. The molecule has 2 rings (SSSR count). The SMILES string of the molecule is COc1cc(C=O)ccc1OCC(=O)OCC(=O)Nc1ccc(C)cc1C. The zero-order valence-corrected chi connectivity index (χ0v) is 15.4. The van der Waals surface area contributed by atoms with Gasteiger partial charge in [-0.3, -0.25) is 9.59 Å². The number of esters is 1. The van der Waals surface area contributed by atoms with Crippen molar-refractivity contribution in [2.24, 2.45) is 0 Å². The van der Waals surface area contributed by atoms with Gasteiger partial charge in [0.05, 0.1) is 7.11 Å². The van der Waals surface area contributed by atoms with Crippen LogP contribution in [0.15, 0.2) is 36.4 Å².